The van der Waals surface area contributed by atoms with Gasteiger partial charge >= 0.3 is 0 Å². The summed E-state index contributed by atoms with van der Waals surface area (Å²) in [4.78, 5) is 12.2. The third-order valence-electron chi connectivity index (χ3n) is 3.48. The Labute approximate surface area is 140 Å². The number of quaternary nitrogens is 1. The molecule has 0 spiro atoms. The molecule has 22 heavy (non-hydrogen) atoms. The molecule has 0 fully saturated rings. The molecule has 3 N–H and O–H groups in total. The molecule has 116 valence electrons. The fourth-order valence-corrected chi connectivity index (χ4v) is 2.54. The van der Waals surface area contributed by atoms with Crippen LogP contribution >= 0.6 is 23.2 Å². The van der Waals surface area contributed by atoms with Crippen LogP contribution < -0.4 is 10.6 Å². The molecule has 0 saturated carbocycles. The molecule has 2 aromatic carbocycles. The van der Waals surface area contributed by atoms with Gasteiger partial charge in [0.15, 0.2) is 6.04 Å². The number of anilines is 1. The standard InChI is InChI=1S/C17H18Cl2N2O/c1-11(13-6-8-14(18)9-7-13)20-12(2)17(22)21-16-5-3-4-15(19)10-16/h3-12,20H,1-2H3,(H,21,22)/p+1/t11-,12-/m0/s1. The largest absolute Gasteiger partial charge is 0.330 e. The Morgan fingerprint density at radius 2 is 1.73 bits per heavy atom. The summed E-state index contributed by atoms with van der Waals surface area (Å²) in [5.41, 5.74) is 1.84. The molecule has 2 aromatic rings. The lowest BCUT2D eigenvalue weighted by Crippen LogP contribution is -2.91. The first kappa shape index (κ1) is 16.8. The highest BCUT2D eigenvalue weighted by atomic mass is 35.5. The fraction of sp³-hybridized carbons (Fsp3) is 0.235. The van der Waals surface area contributed by atoms with E-state index in [0.29, 0.717) is 15.7 Å². The molecule has 0 radical (unpaired) electrons. The van der Waals surface area contributed by atoms with Crippen molar-refractivity contribution in [1.29, 1.82) is 0 Å². The van der Waals surface area contributed by atoms with Crippen molar-refractivity contribution in [2.75, 3.05) is 5.32 Å². The van der Waals surface area contributed by atoms with Crippen molar-refractivity contribution >= 4 is 34.8 Å². The Kier molecular flexibility index (Phi) is 5.83. The van der Waals surface area contributed by atoms with E-state index in [2.05, 4.69) is 12.2 Å². The van der Waals surface area contributed by atoms with E-state index in [4.69, 9.17) is 23.2 Å². The normalized spacial score (nSPS) is 13.5. The van der Waals surface area contributed by atoms with Gasteiger partial charge in [-0.1, -0.05) is 41.4 Å². The average Bonchev–Trinajstić information content (AvgIpc) is 2.47. The summed E-state index contributed by atoms with van der Waals surface area (Å²) >= 11 is 11.8. The van der Waals surface area contributed by atoms with Crippen LogP contribution in [0.25, 0.3) is 0 Å². The first-order valence-electron chi connectivity index (χ1n) is 7.12. The van der Waals surface area contributed by atoms with E-state index in [1.807, 2.05) is 48.6 Å². The monoisotopic (exact) mass is 337 g/mol. The maximum Gasteiger partial charge on any atom is 0.282 e. The van der Waals surface area contributed by atoms with E-state index in [-0.39, 0.29) is 18.0 Å². The van der Waals surface area contributed by atoms with Gasteiger partial charge in [-0.2, -0.15) is 0 Å². The zero-order valence-electron chi connectivity index (χ0n) is 12.5. The SMILES string of the molecule is C[C@H]([NH2+][C@@H](C)c1ccc(Cl)cc1)C(=O)Nc1cccc(Cl)c1. The molecule has 0 aliphatic heterocycles. The molecular weight excluding hydrogens is 319 g/mol. The van der Waals surface area contributed by atoms with E-state index < -0.39 is 0 Å². The Morgan fingerprint density at radius 3 is 2.36 bits per heavy atom. The minimum Gasteiger partial charge on any atom is -0.330 e. The number of nitrogens with one attached hydrogen (secondary N) is 1. The van der Waals surface area contributed by atoms with Gasteiger partial charge < -0.3 is 10.6 Å². The van der Waals surface area contributed by atoms with Crippen LogP contribution in [0.5, 0.6) is 0 Å². The van der Waals surface area contributed by atoms with Crippen molar-refractivity contribution in [2.24, 2.45) is 0 Å². The number of amides is 1. The topological polar surface area (TPSA) is 45.7 Å². The number of halogens is 2. The molecule has 0 aliphatic rings. The number of carbonyl (C=O) groups is 1. The van der Waals surface area contributed by atoms with Crippen LogP contribution in [0.2, 0.25) is 10.0 Å². The number of carbonyl (C=O) groups excluding carboxylic acids is 1. The predicted octanol–water partition coefficient (Wildman–Crippen LogP) is 3.65. The molecule has 0 aliphatic carbocycles. The highest BCUT2D eigenvalue weighted by Crippen LogP contribution is 2.15. The third kappa shape index (κ3) is 4.73. The average molecular weight is 338 g/mol. The minimum atomic E-state index is -0.218. The zero-order valence-corrected chi connectivity index (χ0v) is 14.0. The summed E-state index contributed by atoms with van der Waals surface area (Å²) < 4.78 is 0. The lowest BCUT2D eigenvalue weighted by molar-refractivity contribution is -0.709. The summed E-state index contributed by atoms with van der Waals surface area (Å²) in [5, 5.41) is 6.20. The van der Waals surface area contributed by atoms with Crippen molar-refractivity contribution in [3.63, 3.8) is 0 Å². The summed E-state index contributed by atoms with van der Waals surface area (Å²) in [5.74, 6) is -0.0527. The predicted molar refractivity (Wildman–Crippen MR) is 91.3 cm³/mol. The number of nitrogens with two attached hydrogens (primary N) is 1. The van der Waals surface area contributed by atoms with Crippen LogP contribution in [-0.2, 0) is 4.79 Å². The van der Waals surface area contributed by atoms with Gasteiger partial charge in [0, 0.05) is 21.3 Å². The smallest absolute Gasteiger partial charge is 0.282 e. The Hall–Kier alpha value is -1.55. The zero-order chi connectivity index (χ0) is 16.1. The molecule has 2 rings (SSSR count). The van der Waals surface area contributed by atoms with Gasteiger partial charge in [-0.3, -0.25) is 4.79 Å². The molecule has 3 nitrogen and oxygen atoms in total. The molecule has 0 heterocycles. The number of rotatable bonds is 5. The van der Waals surface area contributed by atoms with Crippen LogP contribution in [0, 0.1) is 0 Å². The first-order chi connectivity index (χ1) is 10.5. The Bertz CT molecular complexity index is 643. The third-order valence-corrected chi connectivity index (χ3v) is 3.97. The minimum absolute atomic E-state index is 0.0527. The second-order valence-electron chi connectivity index (χ2n) is 5.32. The van der Waals surface area contributed by atoms with Crippen molar-refractivity contribution in [2.45, 2.75) is 25.9 Å². The van der Waals surface area contributed by atoms with Gasteiger partial charge in [-0.25, -0.2) is 0 Å². The fourth-order valence-electron chi connectivity index (χ4n) is 2.22. The summed E-state index contributed by atoms with van der Waals surface area (Å²) in [6.07, 6.45) is 0. The van der Waals surface area contributed by atoms with Crippen LogP contribution in [0.3, 0.4) is 0 Å². The molecular formula is C17H19Cl2N2O+. The maximum atomic E-state index is 12.2. The van der Waals surface area contributed by atoms with E-state index in [0.717, 1.165) is 5.56 Å². The van der Waals surface area contributed by atoms with E-state index in [9.17, 15) is 4.79 Å². The summed E-state index contributed by atoms with van der Waals surface area (Å²) in [7, 11) is 0. The Morgan fingerprint density at radius 1 is 1.05 bits per heavy atom. The van der Waals surface area contributed by atoms with Crippen LogP contribution in [0.15, 0.2) is 48.5 Å². The Balaban J connectivity index is 1.94. The van der Waals surface area contributed by atoms with Gasteiger partial charge in [0.25, 0.3) is 5.91 Å². The van der Waals surface area contributed by atoms with E-state index >= 15 is 0 Å². The van der Waals surface area contributed by atoms with Crippen LogP contribution in [-0.4, -0.2) is 11.9 Å². The second kappa shape index (κ2) is 7.63. The van der Waals surface area contributed by atoms with Crippen molar-refractivity contribution in [3.8, 4) is 0 Å². The highest BCUT2D eigenvalue weighted by molar-refractivity contribution is 6.31. The van der Waals surface area contributed by atoms with Gasteiger partial charge in [-0.15, -0.1) is 0 Å². The molecule has 0 unspecified atom stereocenters. The van der Waals surface area contributed by atoms with Crippen molar-refractivity contribution in [1.82, 2.24) is 0 Å². The quantitative estimate of drug-likeness (QED) is 0.859. The molecule has 1 amide bonds. The van der Waals surface area contributed by atoms with Crippen LogP contribution in [0.1, 0.15) is 25.5 Å². The number of benzene rings is 2. The summed E-state index contributed by atoms with van der Waals surface area (Å²) in [6, 6.07) is 14.7. The second-order valence-corrected chi connectivity index (χ2v) is 6.19. The van der Waals surface area contributed by atoms with Gasteiger partial charge in [-0.05, 0) is 44.2 Å². The number of hydrogen-bond donors (Lipinski definition) is 2. The van der Waals surface area contributed by atoms with Gasteiger partial charge in [0.2, 0.25) is 0 Å². The van der Waals surface area contributed by atoms with Gasteiger partial charge in [0.1, 0.15) is 6.04 Å². The molecule has 0 saturated heterocycles. The first-order valence-corrected chi connectivity index (χ1v) is 7.88. The summed E-state index contributed by atoms with van der Waals surface area (Å²) in [6.45, 7) is 3.94. The van der Waals surface area contributed by atoms with E-state index in [1.165, 1.54) is 0 Å². The molecule has 5 heteroatoms. The van der Waals surface area contributed by atoms with Crippen molar-refractivity contribution in [3.05, 3.63) is 64.1 Å². The van der Waals surface area contributed by atoms with Gasteiger partial charge in [0.05, 0.1) is 0 Å². The molecule has 0 aromatic heterocycles. The van der Waals surface area contributed by atoms with Crippen LogP contribution in [0.4, 0.5) is 5.69 Å². The maximum absolute atomic E-state index is 12.2. The van der Waals surface area contributed by atoms with Crippen molar-refractivity contribution < 1.29 is 10.1 Å². The lowest BCUT2D eigenvalue weighted by atomic mass is 10.1. The van der Waals surface area contributed by atoms with E-state index in [1.54, 1.807) is 12.1 Å². The molecule has 0 bridgehead atoms. The highest BCUT2D eigenvalue weighted by Gasteiger charge is 2.20. The lowest BCUT2D eigenvalue weighted by Gasteiger charge is -2.17. The number of hydrogen-bond acceptors (Lipinski definition) is 1. The molecule has 2 atom stereocenters.